The second-order valence-electron chi connectivity index (χ2n) is 6.59. The van der Waals surface area contributed by atoms with Gasteiger partial charge in [0.1, 0.15) is 0 Å². The summed E-state index contributed by atoms with van der Waals surface area (Å²) >= 11 is 0. The van der Waals surface area contributed by atoms with Gasteiger partial charge in [-0.05, 0) is 45.6 Å². The quantitative estimate of drug-likeness (QED) is 0.856. The molecule has 23 heavy (non-hydrogen) atoms. The zero-order chi connectivity index (χ0) is 16.8. The third-order valence-electron chi connectivity index (χ3n) is 4.82. The smallest absolute Gasteiger partial charge is 0.255 e. The average Bonchev–Trinajstić information content (AvgIpc) is 2.59. The van der Waals surface area contributed by atoms with Gasteiger partial charge in [0, 0.05) is 26.2 Å². The Bertz CT molecular complexity index is 486. The van der Waals surface area contributed by atoms with Gasteiger partial charge in [0.15, 0.2) is 6.10 Å². The third-order valence-corrected chi connectivity index (χ3v) is 4.82. The van der Waals surface area contributed by atoms with Gasteiger partial charge in [-0.2, -0.15) is 0 Å². The molecule has 0 saturated carbocycles. The standard InChI is InChI=1S/C18H29N3O2/c1-19-11-9-16(10-12-19)20(2)13-14-21(3)18(23)17(22)15-7-5-4-6-8-15/h4-8,16-17,22H,9-14H2,1-3H3/t17-/m0/s1. The Morgan fingerprint density at radius 2 is 1.83 bits per heavy atom. The highest BCUT2D eigenvalue weighted by molar-refractivity contribution is 5.81. The number of carbonyl (C=O) groups is 1. The first-order chi connectivity index (χ1) is 11.0. The maximum Gasteiger partial charge on any atom is 0.255 e. The number of benzene rings is 1. The van der Waals surface area contributed by atoms with E-state index in [2.05, 4.69) is 23.9 Å². The van der Waals surface area contributed by atoms with E-state index in [0.717, 1.165) is 19.6 Å². The van der Waals surface area contributed by atoms with Crippen LogP contribution in [0.4, 0.5) is 0 Å². The lowest BCUT2D eigenvalue weighted by molar-refractivity contribution is -0.139. The number of hydrogen-bond acceptors (Lipinski definition) is 4. The van der Waals surface area contributed by atoms with Crippen LogP contribution in [0.5, 0.6) is 0 Å². The lowest BCUT2D eigenvalue weighted by atomic mass is 10.0. The van der Waals surface area contributed by atoms with Crippen molar-refractivity contribution in [1.29, 1.82) is 0 Å². The molecule has 1 aromatic carbocycles. The van der Waals surface area contributed by atoms with Crippen molar-refractivity contribution in [3.63, 3.8) is 0 Å². The number of amides is 1. The molecule has 1 fully saturated rings. The molecule has 0 bridgehead atoms. The molecule has 0 unspecified atom stereocenters. The van der Waals surface area contributed by atoms with Crippen LogP contribution in [0, 0.1) is 0 Å². The van der Waals surface area contributed by atoms with Gasteiger partial charge in [0.25, 0.3) is 5.91 Å². The van der Waals surface area contributed by atoms with Gasteiger partial charge in [-0.25, -0.2) is 0 Å². The summed E-state index contributed by atoms with van der Waals surface area (Å²) < 4.78 is 0. The molecule has 0 spiro atoms. The van der Waals surface area contributed by atoms with E-state index in [1.54, 1.807) is 24.1 Å². The summed E-state index contributed by atoms with van der Waals surface area (Å²) in [5.41, 5.74) is 0.646. The lowest BCUT2D eigenvalue weighted by Gasteiger charge is -2.35. The molecular formula is C18H29N3O2. The van der Waals surface area contributed by atoms with Crippen molar-refractivity contribution in [2.75, 3.05) is 47.3 Å². The van der Waals surface area contributed by atoms with Crippen molar-refractivity contribution in [2.24, 2.45) is 0 Å². The number of nitrogens with zero attached hydrogens (tertiary/aromatic N) is 3. The number of piperidine rings is 1. The molecule has 1 saturated heterocycles. The van der Waals surface area contributed by atoms with Crippen molar-refractivity contribution < 1.29 is 9.90 Å². The third kappa shape index (κ3) is 5.03. The molecule has 1 aromatic rings. The van der Waals surface area contributed by atoms with Gasteiger partial charge in [0.2, 0.25) is 0 Å². The van der Waals surface area contributed by atoms with Gasteiger partial charge < -0.3 is 19.8 Å². The maximum atomic E-state index is 12.3. The highest BCUT2D eigenvalue weighted by Gasteiger charge is 2.23. The molecule has 5 heteroatoms. The molecule has 1 aliphatic rings. The van der Waals surface area contributed by atoms with Gasteiger partial charge in [-0.3, -0.25) is 4.79 Å². The lowest BCUT2D eigenvalue weighted by Crippen LogP contribution is -2.45. The Balaban J connectivity index is 1.79. The number of aliphatic hydroxyl groups excluding tert-OH is 1. The van der Waals surface area contributed by atoms with Crippen LogP contribution >= 0.6 is 0 Å². The molecule has 5 nitrogen and oxygen atoms in total. The van der Waals surface area contributed by atoms with E-state index in [1.165, 1.54) is 12.8 Å². The Hall–Kier alpha value is -1.43. The van der Waals surface area contributed by atoms with Gasteiger partial charge in [-0.1, -0.05) is 30.3 Å². The maximum absolute atomic E-state index is 12.3. The first-order valence-corrected chi connectivity index (χ1v) is 8.36. The predicted molar refractivity (Wildman–Crippen MR) is 92.2 cm³/mol. The van der Waals surface area contributed by atoms with Crippen LogP contribution in [-0.2, 0) is 4.79 Å². The molecule has 1 atom stereocenters. The highest BCUT2D eigenvalue weighted by Crippen LogP contribution is 2.16. The van der Waals surface area contributed by atoms with Crippen LogP contribution in [-0.4, -0.2) is 79.1 Å². The first-order valence-electron chi connectivity index (χ1n) is 8.36. The van der Waals surface area contributed by atoms with Crippen LogP contribution in [0.25, 0.3) is 0 Å². The Morgan fingerprint density at radius 1 is 1.22 bits per heavy atom. The average molecular weight is 319 g/mol. The van der Waals surface area contributed by atoms with Crippen molar-refractivity contribution in [3.05, 3.63) is 35.9 Å². The zero-order valence-electron chi connectivity index (χ0n) is 14.5. The van der Waals surface area contributed by atoms with Crippen molar-refractivity contribution >= 4 is 5.91 Å². The van der Waals surface area contributed by atoms with E-state index in [-0.39, 0.29) is 5.91 Å². The van der Waals surface area contributed by atoms with Crippen molar-refractivity contribution in [2.45, 2.75) is 25.0 Å². The SMILES string of the molecule is CN1CCC(N(C)CCN(C)C(=O)[C@@H](O)c2ccccc2)CC1. The van der Waals surface area contributed by atoms with Gasteiger partial charge in [0.05, 0.1) is 0 Å². The van der Waals surface area contributed by atoms with E-state index < -0.39 is 6.10 Å². The molecule has 1 amide bonds. The number of likely N-dealkylation sites (tertiary alicyclic amines) is 1. The minimum absolute atomic E-state index is 0.243. The van der Waals surface area contributed by atoms with E-state index >= 15 is 0 Å². The number of aliphatic hydroxyl groups is 1. The highest BCUT2D eigenvalue weighted by atomic mass is 16.3. The number of rotatable bonds is 6. The molecule has 2 rings (SSSR count). The van der Waals surface area contributed by atoms with Gasteiger partial charge >= 0.3 is 0 Å². The summed E-state index contributed by atoms with van der Waals surface area (Å²) in [5.74, 6) is -0.243. The Labute approximate surface area is 139 Å². The number of carbonyl (C=O) groups excluding carboxylic acids is 1. The van der Waals surface area contributed by atoms with E-state index in [1.807, 2.05) is 18.2 Å². The fourth-order valence-corrected chi connectivity index (χ4v) is 3.02. The normalized spacial score (nSPS) is 18.1. The van der Waals surface area contributed by atoms with Crippen LogP contribution in [0.1, 0.15) is 24.5 Å². The van der Waals surface area contributed by atoms with E-state index in [4.69, 9.17) is 0 Å². The summed E-state index contributed by atoms with van der Waals surface area (Å²) in [7, 11) is 6.05. The summed E-state index contributed by atoms with van der Waals surface area (Å²) in [6.45, 7) is 3.73. The molecule has 0 radical (unpaired) electrons. The Kier molecular flexibility index (Phi) is 6.57. The molecule has 1 heterocycles. The number of hydrogen-bond donors (Lipinski definition) is 1. The molecule has 1 N–H and O–H groups in total. The minimum atomic E-state index is -1.07. The topological polar surface area (TPSA) is 47.0 Å². The molecular weight excluding hydrogens is 290 g/mol. The Morgan fingerprint density at radius 3 is 2.43 bits per heavy atom. The molecule has 128 valence electrons. The minimum Gasteiger partial charge on any atom is -0.378 e. The zero-order valence-corrected chi connectivity index (χ0v) is 14.5. The monoisotopic (exact) mass is 319 g/mol. The summed E-state index contributed by atoms with van der Waals surface area (Å²) in [6.07, 6.45) is 1.28. The first kappa shape index (κ1) is 17.9. The van der Waals surface area contributed by atoms with Crippen molar-refractivity contribution in [3.8, 4) is 0 Å². The number of likely N-dealkylation sites (N-methyl/N-ethyl adjacent to an activating group) is 2. The predicted octanol–water partition coefficient (Wildman–Crippen LogP) is 1.20. The van der Waals surface area contributed by atoms with Crippen LogP contribution in [0.15, 0.2) is 30.3 Å². The van der Waals surface area contributed by atoms with Crippen LogP contribution < -0.4 is 0 Å². The fourth-order valence-electron chi connectivity index (χ4n) is 3.02. The largest absolute Gasteiger partial charge is 0.378 e. The van der Waals surface area contributed by atoms with E-state index in [9.17, 15) is 9.90 Å². The molecule has 0 aromatic heterocycles. The van der Waals surface area contributed by atoms with Crippen molar-refractivity contribution in [1.82, 2.24) is 14.7 Å². The van der Waals surface area contributed by atoms with Crippen LogP contribution in [0.2, 0.25) is 0 Å². The van der Waals surface area contributed by atoms with E-state index in [0.29, 0.717) is 18.2 Å². The second kappa shape index (κ2) is 8.43. The summed E-state index contributed by atoms with van der Waals surface area (Å²) in [5, 5.41) is 10.2. The van der Waals surface area contributed by atoms with Crippen LogP contribution in [0.3, 0.4) is 0 Å². The summed E-state index contributed by atoms with van der Waals surface area (Å²) in [6, 6.07) is 9.69. The van der Waals surface area contributed by atoms with Gasteiger partial charge in [-0.15, -0.1) is 0 Å². The molecule has 1 aliphatic heterocycles. The molecule has 0 aliphatic carbocycles. The summed E-state index contributed by atoms with van der Waals surface area (Å²) in [4.78, 5) is 18.7. The second-order valence-corrected chi connectivity index (χ2v) is 6.59. The fraction of sp³-hybridized carbons (Fsp3) is 0.611.